The second-order valence-electron chi connectivity index (χ2n) is 11.8. The number of phenolic OH excluding ortho intramolecular Hbond substituents is 2. The number of nitrogens with one attached hydrogen (secondary N) is 2. The first kappa shape index (κ1) is 23.6. The number of hydrogen-bond acceptors (Lipinski definition) is 2. The first-order valence-corrected chi connectivity index (χ1v) is 14.8. The van der Waals surface area contributed by atoms with Crippen molar-refractivity contribution in [3.05, 3.63) is 121 Å². The smallest absolute Gasteiger partial charge is 0.125 e. The lowest BCUT2D eigenvalue weighted by molar-refractivity contribution is 0.481. The highest BCUT2D eigenvalue weighted by Gasteiger charge is 2.21. The zero-order valence-corrected chi connectivity index (χ0v) is 23.4. The molecule has 0 radical (unpaired) electrons. The van der Waals surface area contributed by atoms with Gasteiger partial charge in [-0.3, -0.25) is 0 Å². The Labute approximate surface area is 250 Å². The first-order valence-electron chi connectivity index (χ1n) is 14.8. The summed E-state index contributed by atoms with van der Waals surface area (Å²) in [5, 5.41) is 35.4. The van der Waals surface area contributed by atoms with Crippen LogP contribution in [0.5, 0.6) is 11.5 Å². The van der Waals surface area contributed by atoms with Crippen molar-refractivity contribution < 1.29 is 10.2 Å². The molecule has 10 aromatic rings. The van der Waals surface area contributed by atoms with Crippen molar-refractivity contribution in [3.8, 4) is 22.6 Å². The van der Waals surface area contributed by atoms with Crippen LogP contribution in [-0.4, -0.2) is 20.2 Å². The Bertz CT molecular complexity index is 2660. The molecule has 0 aliphatic heterocycles. The minimum atomic E-state index is 0.233. The average molecular weight is 565 g/mol. The van der Waals surface area contributed by atoms with Crippen LogP contribution in [-0.2, 0) is 0 Å². The summed E-state index contributed by atoms with van der Waals surface area (Å²) >= 11 is 0. The zero-order chi connectivity index (χ0) is 29.1. The predicted octanol–water partition coefficient (Wildman–Crippen LogP) is 10.6. The van der Waals surface area contributed by atoms with E-state index in [1.807, 2.05) is 36.4 Å². The molecule has 2 heterocycles. The van der Waals surface area contributed by atoms with E-state index < -0.39 is 0 Å². The molecule has 0 fully saturated rings. The molecule has 0 atom stereocenters. The molecule has 0 unspecified atom stereocenters. The highest BCUT2D eigenvalue weighted by molar-refractivity contribution is 6.34. The lowest BCUT2D eigenvalue weighted by Gasteiger charge is -2.15. The molecule has 8 aromatic carbocycles. The Morgan fingerprint density at radius 3 is 1.25 bits per heavy atom. The van der Waals surface area contributed by atoms with Crippen molar-refractivity contribution in [1.29, 1.82) is 0 Å². The minimum Gasteiger partial charge on any atom is -0.507 e. The van der Waals surface area contributed by atoms with E-state index in [1.54, 1.807) is 0 Å². The molecule has 0 bridgehead atoms. The SMILES string of the molecule is Oc1cc2[nH]c3ccc4ccccc4c3c2c2c(-c3cccc4c(O)cc5[nH]c6ccc7ccccc7c6c5c34)cccc12. The van der Waals surface area contributed by atoms with E-state index in [9.17, 15) is 10.2 Å². The summed E-state index contributed by atoms with van der Waals surface area (Å²) < 4.78 is 0. The van der Waals surface area contributed by atoms with Crippen LogP contribution in [0.2, 0.25) is 0 Å². The maximum atomic E-state index is 11.4. The third-order valence-electron chi connectivity index (χ3n) is 9.47. The van der Waals surface area contributed by atoms with Gasteiger partial charge in [0.25, 0.3) is 0 Å². The number of hydrogen-bond donors (Lipinski definition) is 4. The number of aromatic hydroxyl groups is 2. The lowest BCUT2D eigenvalue weighted by atomic mass is 9.88. The second-order valence-corrected chi connectivity index (χ2v) is 11.8. The molecule has 2 aromatic heterocycles. The highest BCUT2D eigenvalue weighted by atomic mass is 16.3. The van der Waals surface area contributed by atoms with Crippen LogP contribution in [0.3, 0.4) is 0 Å². The van der Waals surface area contributed by atoms with Gasteiger partial charge in [-0.1, -0.05) is 97.1 Å². The number of rotatable bonds is 1. The molecule has 4 heteroatoms. The fourth-order valence-corrected chi connectivity index (χ4v) is 7.66. The Kier molecular flexibility index (Phi) is 4.44. The Hall–Kier alpha value is -6.00. The maximum Gasteiger partial charge on any atom is 0.125 e. The Morgan fingerprint density at radius 2 is 0.773 bits per heavy atom. The van der Waals surface area contributed by atoms with Crippen molar-refractivity contribution >= 4 is 86.7 Å². The topological polar surface area (TPSA) is 72.0 Å². The van der Waals surface area contributed by atoms with Gasteiger partial charge in [0.05, 0.1) is 11.0 Å². The molecule has 0 amide bonds. The van der Waals surface area contributed by atoms with Gasteiger partial charge < -0.3 is 20.2 Å². The number of benzene rings is 8. The number of aromatic amines is 2. The molecule has 0 aliphatic rings. The van der Waals surface area contributed by atoms with E-state index in [0.717, 1.165) is 76.3 Å². The Morgan fingerprint density at radius 1 is 0.341 bits per heavy atom. The third kappa shape index (κ3) is 2.96. The van der Waals surface area contributed by atoms with Gasteiger partial charge in [0.1, 0.15) is 11.5 Å². The normalized spacial score (nSPS) is 12.3. The number of H-pyrrole nitrogens is 2. The second kappa shape index (κ2) is 8.30. The minimum absolute atomic E-state index is 0.233. The van der Waals surface area contributed by atoms with Gasteiger partial charge in [-0.2, -0.15) is 0 Å². The maximum absolute atomic E-state index is 11.4. The van der Waals surface area contributed by atoms with E-state index in [1.165, 1.54) is 21.5 Å². The van der Waals surface area contributed by atoms with Crippen LogP contribution in [0, 0.1) is 0 Å². The van der Waals surface area contributed by atoms with Crippen molar-refractivity contribution in [2.24, 2.45) is 0 Å². The summed E-state index contributed by atoms with van der Waals surface area (Å²) in [6.07, 6.45) is 0. The van der Waals surface area contributed by atoms with Gasteiger partial charge in [-0.15, -0.1) is 0 Å². The quantitative estimate of drug-likeness (QED) is 0.160. The van der Waals surface area contributed by atoms with Gasteiger partial charge in [-0.25, -0.2) is 0 Å². The first-order chi connectivity index (χ1) is 21.7. The van der Waals surface area contributed by atoms with Crippen molar-refractivity contribution in [1.82, 2.24) is 9.97 Å². The fraction of sp³-hybridized carbons (Fsp3) is 0. The molecule has 4 N–H and O–H groups in total. The summed E-state index contributed by atoms with van der Waals surface area (Å²) in [6.45, 7) is 0. The van der Waals surface area contributed by atoms with Crippen molar-refractivity contribution in [2.75, 3.05) is 0 Å². The van der Waals surface area contributed by atoms with Crippen LogP contribution in [0.25, 0.3) is 97.8 Å². The summed E-state index contributed by atoms with van der Waals surface area (Å²) in [7, 11) is 0. The summed E-state index contributed by atoms with van der Waals surface area (Å²) in [5.74, 6) is 0.466. The van der Waals surface area contributed by atoms with E-state index >= 15 is 0 Å². The van der Waals surface area contributed by atoms with Crippen LogP contribution in [0.1, 0.15) is 0 Å². The molecule has 206 valence electrons. The summed E-state index contributed by atoms with van der Waals surface area (Å²) in [4.78, 5) is 7.19. The number of phenols is 2. The fourth-order valence-electron chi connectivity index (χ4n) is 7.66. The van der Waals surface area contributed by atoms with Crippen LogP contribution in [0.4, 0.5) is 0 Å². The summed E-state index contributed by atoms with van der Waals surface area (Å²) in [5.41, 5.74) is 5.84. The highest BCUT2D eigenvalue weighted by Crippen LogP contribution is 2.48. The number of fused-ring (bicyclic) bond motifs is 14. The van der Waals surface area contributed by atoms with Crippen LogP contribution >= 0.6 is 0 Å². The molecule has 10 rings (SSSR count). The molecular weight excluding hydrogens is 540 g/mol. The van der Waals surface area contributed by atoms with E-state index in [2.05, 4.69) is 94.9 Å². The lowest BCUT2D eigenvalue weighted by Crippen LogP contribution is -1.88. The molecule has 44 heavy (non-hydrogen) atoms. The van der Waals surface area contributed by atoms with Crippen LogP contribution < -0.4 is 0 Å². The predicted molar refractivity (Wildman–Crippen MR) is 184 cm³/mol. The molecule has 0 saturated carbocycles. The van der Waals surface area contributed by atoms with Gasteiger partial charge in [0.15, 0.2) is 0 Å². The molecule has 0 aliphatic carbocycles. The number of aromatic nitrogens is 2. The average Bonchev–Trinajstić information content (AvgIpc) is 3.63. The van der Waals surface area contributed by atoms with Crippen LogP contribution in [0.15, 0.2) is 121 Å². The van der Waals surface area contributed by atoms with Crippen molar-refractivity contribution in [2.45, 2.75) is 0 Å². The largest absolute Gasteiger partial charge is 0.507 e. The van der Waals surface area contributed by atoms with Gasteiger partial charge in [-0.05, 0) is 44.8 Å². The standard InChI is InChI=1S/C40H24N2O2/c43-33-19-31-39(37-23-9-3-1-7-21(23)15-17-29(37)41-31)35-25(11-5-13-27(33)35)26-12-6-14-28-34(44)20-32-40(36(26)28)38-24-10-4-2-8-22(24)16-18-30(38)42-32/h1-20,41-44H. The van der Waals surface area contributed by atoms with Crippen molar-refractivity contribution in [3.63, 3.8) is 0 Å². The van der Waals surface area contributed by atoms with Gasteiger partial charge in [0, 0.05) is 66.3 Å². The molecular formula is C40H24N2O2. The molecule has 4 nitrogen and oxygen atoms in total. The van der Waals surface area contributed by atoms with Gasteiger partial charge >= 0.3 is 0 Å². The van der Waals surface area contributed by atoms with Gasteiger partial charge in [0.2, 0.25) is 0 Å². The van der Waals surface area contributed by atoms with E-state index in [0.29, 0.717) is 0 Å². The monoisotopic (exact) mass is 564 g/mol. The Balaban J connectivity index is 1.46. The molecule has 0 spiro atoms. The zero-order valence-electron chi connectivity index (χ0n) is 23.4. The van der Waals surface area contributed by atoms with E-state index in [-0.39, 0.29) is 11.5 Å². The molecule has 0 saturated heterocycles. The van der Waals surface area contributed by atoms with E-state index in [4.69, 9.17) is 0 Å². The third-order valence-corrected chi connectivity index (χ3v) is 9.47. The summed E-state index contributed by atoms with van der Waals surface area (Å²) in [6, 6.07) is 41.4.